The fourth-order valence-electron chi connectivity index (χ4n) is 4.00. The summed E-state index contributed by atoms with van der Waals surface area (Å²) in [7, 11) is 0. The zero-order valence-corrected chi connectivity index (χ0v) is 19.4. The van der Waals surface area contributed by atoms with Crippen molar-refractivity contribution < 1.29 is 4.74 Å². The third kappa shape index (κ3) is 4.23. The fraction of sp³-hybridized carbons (Fsp3) is 0.333. The van der Waals surface area contributed by atoms with Gasteiger partial charge in [0.15, 0.2) is 0 Å². The van der Waals surface area contributed by atoms with Crippen molar-refractivity contribution in [3.05, 3.63) is 62.1 Å². The van der Waals surface area contributed by atoms with Crippen molar-refractivity contribution in [2.24, 2.45) is 0 Å². The van der Waals surface area contributed by atoms with Gasteiger partial charge in [-0.3, -0.25) is 0 Å². The topological polar surface area (TPSA) is 71.9 Å². The maximum atomic E-state index is 9.85. The molecule has 1 aliphatic carbocycles. The number of nitriles is 1. The lowest BCUT2D eigenvalue weighted by Gasteiger charge is -2.18. The first-order valence-electron chi connectivity index (χ1n) is 10.3. The predicted molar refractivity (Wildman–Crippen MR) is 126 cm³/mol. The summed E-state index contributed by atoms with van der Waals surface area (Å²) in [6, 6.07) is 12.3. The second-order valence-corrected chi connectivity index (χ2v) is 9.72. The van der Waals surface area contributed by atoms with E-state index in [2.05, 4.69) is 40.0 Å². The van der Waals surface area contributed by atoms with E-state index in [1.807, 2.05) is 24.3 Å². The number of hydrogen-bond acceptors (Lipinski definition) is 5. The molecule has 0 unspecified atom stereocenters. The highest BCUT2D eigenvalue weighted by Crippen LogP contribution is 2.40. The number of hydrogen-bond donors (Lipinski definition) is 1. The minimum Gasteiger partial charge on any atom is -0.488 e. The molecule has 4 nitrogen and oxygen atoms in total. The van der Waals surface area contributed by atoms with Crippen molar-refractivity contribution in [3.8, 4) is 22.3 Å². The summed E-state index contributed by atoms with van der Waals surface area (Å²) in [5.74, 6) is 1.17. The van der Waals surface area contributed by atoms with Gasteiger partial charge in [0.05, 0.1) is 4.47 Å². The Bertz CT molecular complexity index is 1120. The zero-order chi connectivity index (χ0) is 21.1. The van der Waals surface area contributed by atoms with Crippen LogP contribution < -0.4 is 10.5 Å². The van der Waals surface area contributed by atoms with Gasteiger partial charge in [0.25, 0.3) is 0 Å². The fourth-order valence-corrected chi connectivity index (χ4v) is 5.51. The van der Waals surface area contributed by atoms with Crippen molar-refractivity contribution in [2.75, 3.05) is 5.73 Å². The molecule has 2 aromatic heterocycles. The molecule has 4 rings (SSSR count). The van der Waals surface area contributed by atoms with Gasteiger partial charge in [0.2, 0.25) is 0 Å². The number of nitrogens with zero attached hydrogens (tertiary/aromatic N) is 2. The van der Waals surface area contributed by atoms with Crippen LogP contribution in [0.5, 0.6) is 5.75 Å². The van der Waals surface area contributed by atoms with Gasteiger partial charge in [-0.05, 0) is 72.3 Å². The van der Waals surface area contributed by atoms with Gasteiger partial charge in [-0.1, -0.05) is 25.0 Å². The summed E-state index contributed by atoms with van der Waals surface area (Å²) >= 11 is 5.24. The number of benzene rings is 1. The van der Waals surface area contributed by atoms with Crippen LogP contribution in [-0.4, -0.2) is 4.98 Å². The van der Waals surface area contributed by atoms with Crippen LogP contribution >= 0.6 is 27.3 Å². The standard InChI is InChI=1S/C24H24BrN3OS/c1-15-16(14-29-21-11-7-6-9-19(21)25)12-22(30-15)23-17-8-4-2-3-5-10-20(17)28-24(27)18(23)13-26/h6-7,9,11-12H,2-5,8,10,14H2,1H3,(H2,27,28). The molecule has 30 heavy (non-hydrogen) atoms. The number of fused-ring (bicyclic) bond motifs is 1. The minimum absolute atomic E-state index is 0.351. The summed E-state index contributed by atoms with van der Waals surface area (Å²) in [5.41, 5.74) is 11.1. The normalized spacial score (nSPS) is 13.8. The molecule has 0 aliphatic heterocycles. The number of pyridine rings is 1. The lowest BCUT2D eigenvalue weighted by Crippen LogP contribution is -2.09. The van der Waals surface area contributed by atoms with Gasteiger partial charge in [0.1, 0.15) is 29.8 Å². The number of para-hydroxylation sites is 1. The first-order valence-corrected chi connectivity index (χ1v) is 11.9. The average molecular weight is 482 g/mol. The number of ether oxygens (including phenoxy) is 1. The van der Waals surface area contributed by atoms with Crippen LogP contribution in [0.25, 0.3) is 10.4 Å². The molecule has 2 heterocycles. The van der Waals surface area contributed by atoms with Crippen LogP contribution in [0, 0.1) is 18.3 Å². The van der Waals surface area contributed by atoms with Crippen LogP contribution in [0.2, 0.25) is 0 Å². The van der Waals surface area contributed by atoms with E-state index in [1.165, 1.54) is 23.3 Å². The lowest BCUT2D eigenvalue weighted by molar-refractivity contribution is 0.304. The number of aryl methyl sites for hydroxylation is 2. The van der Waals surface area contributed by atoms with E-state index in [0.717, 1.165) is 57.6 Å². The highest BCUT2D eigenvalue weighted by molar-refractivity contribution is 9.10. The molecule has 0 fully saturated rings. The molecule has 0 saturated carbocycles. The molecule has 154 valence electrons. The van der Waals surface area contributed by atoms with Crippen molar-refractivity contribution in [3.63, 3.8) is 0 Å². The smallest absolute Gasteiger partial charge is 0.142 e. The van der Waals surface area contributed by atoms with Gasteiger partial charge >= 0.3 is 0 Å². The maximum Gasteiger partial charge on any atom is 0.142 e. The van der Waals surface area contributed by atoms with Gasteiger partial charge in [-0.15, -0.1) is 11.3 Å². The monoisotopic (exact) mass is 481 g/mol. The van der Waals surface area contributed by atoms with Crippen LogP contribution in [0.3, 0.4) is 0 Å². The number of halogens is 1. The minimum atomic E-state index is 0.351. The van der Waals surface area contributed by atoms with Crippen molar-refractivity contribution in [2.45, 2.75) is 52.1 Å². The number of thiophene rings is 1. The molecule has 0 amide bonds. The Morgan fingerprint density at radius 1 is 1.20 bits per heavy atom. The first-order chi connectivity index (χ1) is 14.6. The molecule has 0 spiro atoms. The van der Waals surface area contributed by atoms with E-state index in [0.29, 0.717) is 18.0 Å². The Balaban J connectivity index is 1.73. The van der Waals surface area contributed by atoms with Gasteiger partial charge in [0, 0.05) is 26.6 Å². The van der Waals surface area contributed by atoms with Crippen LogP contribution in [0.15, 0.2) is 34.8 Å². The highest BCUT2D eigenvalue weighted by atomic mass is 79.9. The molecule has 1 aliphatic rings. The molecule has 0 saturated heterocycles. The lowest BCUT2D eigenvalue weighted by atomic mass is 9.90. The molecule has 3 aromatic rings. The first kappa shape index (κ1) is 20.9. The number of aromatic nitrogens is 1. The predicted octanol–water partition coefficient (Wildman–Crippen LogP) is 6.57. The second-order valence-electron chi connectivity index (χ2n) is 7.61. The van der Waals surface area contributed by atoms with Gasteiger partial charge < -0.3 is 10.5 Å². The van der Waals surface area contributed by atoms with E-state index in [1.54, 1.807) is 11.3 Å². The number of nitrogen functional groups attached to an aromatic ring is 1. The third-order valence-electron chi connectivity index (χ3n) is 5.60. The van der Waals surface area contributed by atoms with E-state index >= 15 is 0 Å². The average Bonchev–Trinajstić information content (AvgIpc) is 3.08. The molecule has 0 radical (unpaired) electrons. The third-order valence-corrected chi connectivity index (χ3v) is 7.37. The molecule has 1 aromatic carbocycles. The summed E-state index contributed by atoms with van der Waals surface area (Å²) in [5, 5.41) is 9.85. The Morgan fingerprint density at radius 3 is 2.73 bits per heavy atom. The van der Waals surface area contributed by atoms with Gasteiger partial charge in [-0.2, -0.15) is 5.26 Å². The second kappa shape index (κ2) is 9.20. The van der Waals surface area contributed by atoms with E-state index in [-0.39, 0.29) is 0 Å². The zero-order valence-electron chi connectivity index (χ0n) is 17.0. The Morgan fingerprint density at radius 2 is 1.97 bits per heavy atom. The van der Waals surface area contributed by atoms with Crippen LogP contribution in [0.4, 0.5) is 5.82 Å². The van der Waals surface area contributed by atoms with Crippen molar-refractivity contribution >= 4 is 33.1 Å². The summed E-state index contributed by atoms with van der Waals surface area (Å²) in [6.45, 7) is 2.59. The van der Waals surface area contributed by atoms with E-state index in [4.69, 9.17) is 10.5 Å². The number of nitrogens with two attached hydrogens (primary N) is 1. The summed E-state index contributed by atoms with van der Waals surface area (Å²) < 4.78 is 6.98. The molecule has 0 atom stereocenters. The largest absolute Gasteiger partial charge is 0.488 e. The molecule has 0 bridgehead atoms. The van der Waals surface area contributed by atoms with E-state index in [9.17, 15) is 5.26 Å². The Labute approximate surface area is 189 Å². The molecule has 6 heteroatoms. The Kier molecular flexibility index (Phi) is 6.40. The molecular formula is C24H24BrN3OS. The van der Waals surface area contributed by atoms with Crippen LogP contribution in [-0.2, 0) is 19.4 Å². The van der Waals surface area contributed by atoms with Crippen molar-refractivity contribution in [1.82, 2.24) is 4.98 Å². The molecule has 2 N–H and O–H groups in total. The Hall–Kier alpha value is -2.36. The number of rotatable bonds is 4. The SMILES string of the molecule is Cc1sc(-c2c(C#N)c(N)nc3c2CCCCCC3)cc1COc1ccccc1Br. The summed E-state index contributed by atoms with van der Waals surface area (Å²) in [4.78, 5) is 6.89. The quantitative estimate of drug-likeness (QED) is 0.456. The maximum absolute atomic E-state index is 9.85. The van der Waals surface area contributed by atoms with E-state index < -0.39 is 0 Å². The molecular weight excluding hydrogens is 458 g/mol. The van der Waals surface area contributed by atoms with Crippen molar-refractivity contribution in [1.29, 1.82) is 5.26 Å². The number of anilines is 1. The summed E-state index contributed by atoms with van der Waals surface area (Å²) in [6.07, 6.45) is 6.58. The van der Waals surface area contributed by atoms with Crippen LogP contribution in [0.1, 0.15) is 52.9 Å². The highest BCUT2D eigenvalue weighted by Gasteiger charge is 2.22. The van der Waals surface area contributed by atoms with Gasteiger partial charge in [-0.25, -0.2) is 4.98 Å².